The fourth-order valence-electron chi connectivity index (χ4n) is 2.76. The number of rotatable bonds is 6. The quantitative estimate of drug-likeness (QED) is 0.723. The Kier molecular flexibility index (Phi) is 5.59. The van der Waals surface area contributed by atoms with Crippen LogP contribution in [0.15, 0.2) is 35.0 Å². The van der Waals surface area contributed by atoms with E-state index in [2.05, 4.69) is 20.4 Å². The molecule has 3 aromatic rings. The van der Waals surface area contributed by atoms with Gasteiger partial charge in [0.1, 0.15) is 11.6 Å². The molecule has 0 aliphatic carbocycles. The minimum atomic E-state index is -0.377. The van der Waals surface area contributed by atoms with Gasteiger partial charge in [-0.15, -0.1) is 0 Å². The van der Waals surface area contributed by atoms with Crippen LogP contribution in [0.2, 0.25) is 0 Å². The number of nitrogens with zero attached hydrogens (tertiary/aromatic N) is 3. The number of halogens is 1. The van der Waals surface area contributed by atoms with Crippen LogP contribution in [0.4, 0.5) is 4.39 Å². The van der Waals surface area contributed by atoms with Crippen LogP contribution < -0.4 is 5.32 Å². The van der Waals surface area contributed by atoms with Crippen LogP contribution in [0.5, 0.6) is 0 Å². The van der Waals surface area contributed by atoms with E-state index in [1.807, 2.05) is 20.8 Å². The van der Waals surface area contributed by atoms with E-state index in [1.165, 1.54) is 6.07 Å². The van der Waals surface area contributed by atoms with Gasteiger partial charge in [0.05, 0.1) is 23.4 Å². The number of amides is 1. The van der Waals surface area contributed by atoms with Crippen molar-refractivity contribution in [1.82, 2.24) is 20.4 Å². The van der Waals surface area contributed by atoms with Crippen molar-refractivity contribution in [3.8, 4) is 11.3 Å². The molecule has 0 unspecified atom stereocenters. The Hall–Kier alpha value is -3.09. The summed E-state index contributed by atoms with van der Waals surface area (Å²) in [5, 5.41) is 6.80. The van der Waals surface area contributed by atoms with Gasteiger partial charge >= 0.3 is 0 Å². The number of carbonyl (C=O) groups is 1. The van der Waals surface area contributed by atoms with Crippen LogP contribution in [-0.2, 0) is 17.6 Å². The summed E-state index contributed by atoms with van der Waals surface area (Å²) in [6.45, 7) is 5.99. The van der Waals surface area contributed by atoms with Crippen LogP contribution in [0, 0.1) is 26.6 Å². The monoisotopic (exact) mass is 368 g/mol. The van der Waals surface area contributed by atoms with Gasteiger partial charge in [-0.05, 0) is 32.4 Å². The lowest BCUT2D eigenvalue weighted by Crippen LogP contribution is -2.28. The zero-order chi connectivity index (χ0) is 19.4. The first kappa shape index (κ1) is 18.7. The van der Waals surface area contributed by atoms with Crippen LogP contribution in [0.3, 0.4) is 0 Å². The summed E-state index contributed by atoms with van der Waals surface area (Å²) in [5.74, 6) is 0.664. The van der Waals surface area contributed by atoms with E-state index in [0.29, 0.717) is 30.1 Å². The van der Waals surface area contributed by atoms with Crippen molar-refractivity contribution in [2.24, 2.45) is 0 Å². The molecular weight excluding hydrogens is 347 g/mol. The predicted octanol–water partition coefficient (Wildman–Crippen LogP) is 3.10. The summed E-state index contributed by atoms with van der Waals surface area (Å²) >= 11 is 0. The summed E-state index contributed by atoms with van der Waals surface area (Å²) in [4.78, 5) is 20.8. The summed E-state index contributed by atoms with van der Waals surface area (Å²) in [6, 6.07) is 6.27. The number of aryl methyl sites for hydroxylation is 2. The number of aromatic nitrogens is 3. The number of hydrogen-bond donors (Lipinski definition) is 1. The molecule has 0 fully saturated rings. The second-order valence-corrected chi connectivity index (χ2v) is 6.37. The van der Waals surface area contributed by atoms with Crippen molar-refractivity contribution in [3.05, 3.63) is 64.6 Å². The van der Waals surface area contributed by atoms with Gasteiger partial charge in [-0.2, -0.15) is 0 Å². The molecule has 0 aliphatic rings. The summed E-state index contributed by atoms with van der Waals surface area (Å²) in [6.07, 6.45) is 2.22. The highest BCUT2D eigenvalue weighted by atomic mass is 19.1. The minimum Gasteiger partial charge on any atom is -0.356 e. The number of benzene rings is 1. The van der Waals surface area contributed by atoms with E-state index in [1.54, 1.807) is 24.4 Å². The highest BCUT2D eigenvalue weighted by molar-refractivity contribution is 5.78. The van der Waals surface area contributed by atoms with E-state index in [9.17, 15) is 9.18 Å². The van der Waals surface area contributed by atoms with Crippen molar-refractivity contribution in [3.63, 3.8) is 0 Å². The molecule has 140 valence electrons. The molecule has 0 atom stereocenters. The first-order valence-electron chi connectivity index (χ1n) is 8.71. The van der Waals surface area contributed by atoms with Crippen LogP contribution in [0.25, 0.3) is 11.3 Å². The van der Waals surface area contributed by atoms with Crippen LogP contribution in [0.1, 0.15) is 28.3 Å². The Morgan fingerprint density at radius 3 is 2.70 bits per heavy atom. The number of nitrogens with one attached hydrogen (secondary N) is 1. The third-order valence-electron chi connectivity index (χ3n) is 4.38. The molecule has 0 spiro atoms. The molecule has 0 aliphatic heterocycles. The van der Waals surface area contributed by atoms with E-state index in [-0.39, 0.29) is 18.1 Å². The summed E-state index contributed by atoms with van der Waals surface area (Å²) < 4.78 is 19.1. The predicted molar refractivity (Wildman–Crippen MR) is 98.6 cm³/mol. The first-order chi connectivity index (χ1) is 13.0. The molecule has 0 bridgehead atoms. The molecule has 7 heteroatoms. The molecule has 3 rings (SSSR count). The molecule has 0 saturated carbocycles. The Balaban J connectivity index is 1.67. The van der Waals surface area contributed by atoms with E-state index in [0.717, 1.165) is 22.5 Å². The van der Waals surface area contributed by atoms with Gasteiger partial charge in [-0.25, -0.2) is 14.4 Å². The van der Waals surface area contributed by atoms with Crippen molar-refractivity contribution in [2.75, 3.05) is 6.54 Å². The molecule has 0 radical (unpaired) electrons. The maximum absolute atomic E-state index is 13.6. The lowest BCUT2D eigenvalue weighted by atomic mass is 10.1. The average molecular weight is 368 g/mol. The molecule has 2 heterocycles. The molecule has 0 saturated heterocycles. The maximum atomic E-state index is 13.6. The van der Waals surface area contributed by atoms with Crippen molar-refractivity contribution < 1.29 is 13.7 Å². The lowest BCUT2D eigenvalue weighted by molar-refractivity contribution is -0.120. The van der Waals surface area contributed by atoms with Gasteiger partial charge in [0, 0.05) is 24.7 Å². The van der Waals surface area contributed by atoms with Gasteiger partial charge < -0.3 is 9.84 Å². The SMILES string of the molecule is Cc1ncc(-c2onc(C)c2C)c(CCNC(=O)Cc2ccccc2F)n1. The molecule has 1 aromatic carbocycles. The fourth-order valence-corrected chi connectivity index (χ4v) is 2.76. The van der Waals surface area contributed by atoms with Crippen molar-refractivity contribution >= 4 is 5.91 Å². The van der Waals surface area contributed by atoms with E-state index >= 15 is 0 Å². The molecule has 1 amide bonds. The molecule has 1 N–H and O–H groups in total. The standard InChI is InChI=1S/C20H21FN4O2/c1-12-13(2)25-27-20(12)16-11-23-14(3)24-18(16)8-9-22-19(26)10-15-6-4-5-7-17(15)21/h4-7,11H,8-10H2,1-3H3,(H,22,26). The van der Waals surface area contributed by atoms with Crippen LogP contribution >= 0.6 is 0 Å². The minimum absolute atomic E-state index is 0.00272. The second kappa shape index (κ2) is 8.07. The van der Waals surface area contributed by atoms with Crippen molar-refractivity contribution in [2.45, 2.75) is 33.6 Å². The third kappa shape index (κ3) is 4.36. The number of hydrogen-bond acceptors (Lipinski definition) is 5. The van der Waals surface area contributed by atoms with Gasteiger partial charge in [0.2, 0.25) is 5.91 Å². The summed E-state index contributed by atoms with van der Waals surface area (Å²) in [7, 11) is 0. The van der Waals surface area contributed by atoms with Crippen LogP contribution in [-0.4, -0.2) is 27.6 Å². The second-order valence-electron chi connectivity index (χ2n) is 6.37. The molecular formula is C20H21FN4O2. The van der Waals surface area contributed by atoms with E-state index in [4.69, 9.17) is 4.52 Å². The third-order valence-corrected chi connectivity index (χ3v) is 4.38. The lowest BCUT2D eigenvalue weighted by Gasteiger charge is -2.09. The highest BCUT2D eigenvalue weighted by Gasteiger charge is 2.17. The highest BCUT2D eigenvalue weighted by Crippen LogP contribution is 2.27. The van der Waals surface area contributed by atoms with Gasteiger partial charge in [0.25, 0.3) is 0 Å². The average Bonchev–Trinajstić information content (AvgIpc) is 2.96. The normalized spacial score (nSPS) is 10.8. The Morgan fingerprint density at radius 2 is 2.00 bits per heavy atom. The maximum Gasteiger partial charge on any atom is 0.224 e. The largest absolute Gasteiger partial charge is 0.356 e. The Bertz CT molecular complexity index is 968. The number of carbonyl (C=O) groups excluding carboxylic acids is 1. The smallest absolute Gasteiger partial charge is 0.224 e. The van der Waals surface area contributed by atoms with Crippen molar-refractivity contribution in [1.29, 1.82) is 0 Å². The van der Waals surface area contributed by atoms with E-state index < -0.39 is 0 Å². The zero-order valence-electron chi connectivity index (χ0n) is 15.5. The van der Waals surface area contributed by atoms with Gasteiger partial charge in [-0.3, -0.25) is 4.79 Å². The summed E-state index contributed by atoms with van der Waals surface area (Å²) in [5.41, 5.74) is 3.67. The first-order valence-corrected chi connectivity index (χ1v) is 8.71. The molecule has 27 heavy (non-hydrogen) atoms. The van der Waals surface area contributed by atoms with Gasteiger partial charge in [0.15, 0.2) is 5.76 Å². The molecule has 6 nitrogen and oxygen atoms in total. The topological polar surface area (TPSA) is 80.9 Å². The Morgan fingerprint density at radius 1 is 1.22 bits per heavy atom. The zero-order valence-corrected chi connectivity index (χ0v) is 15.5. The van der Waals surface area contributed by atoms with Gasteiger partial charge in [-0.1, -0.05) is 23.4 Å². The fraction of sp³-hybridized carbons (Fsp3) is 0.300. The molecule has 2 aromatic heterocycles. The Labute approximate surface area is 156 Å².